The van der Waals surface area contributed by atoms with Crippen molar-refractivity contribution in [1.82, 2.24) is 0 Å². The maximum absolute atomic E-state index is 6.17. The van der Waals surface area contributed by atoms with Crippen molar-refractivity contribution in [3.8, 4) is 0 Å². The summed E-state index contributed by atoms with van der Waals surface area (Å²) in [6.07, 6.45) is 0.0400. The van der Waals surface area contributed by atoms with E-state index < -0.39 is 8.80 Å². The van der Waals surface area contributed by atoms with E-state index in [9.17, 15) is 0 Å². The molecule has 0 saturated heterocycles. The zero-order valence-corrected chi connectivity index (χ0v) is 16.5. The van der Waals surface area contributed by atoms with E-state index in [0.717, 1.165) is 33.4 Å². The average molecular weight is 369 g/mol. The second-order valence-electron chi connectivity index (χ2n) is 6.79. The molecule has 1 atom stereocenters. The van der Waals surface area contributed by atoms with Crippen LogP contribution in [-0.2, 0) is 4.74 Å². The van der Waals surface area contributed by atoms with Crippen molar-refractivity contribution in [3.63, 3.8) is 0 Å². The van der Waals surface area contributed by atoms with Gasteiger partial charge in [0.25, 0.3) is 0 Å². The smallest absolute Gasteiger partial charge is 0.141 e. The Balaban J connectivity index is 2.24. The van der Waals surface area contributed by atoms with Crippen molar-refractivity contribution in [1.29, 1.82) is 0 Å². The lowest BCUT2D eigenvalue weighted by Crippen LogP contribution is -2.26. The molecule has 0 bridgehead atoms. The van der Waals surface area contributed by atoms with Crippen LogP contribution in [0.5, 0.6) is 0 Å². The van der Waals surface area contributed by atoms with Crippen molar-refractivity contribution in [2.75, 3.05) is 6.61 Å². The van der Waals surface area contributed by atoms with Gasteiger partial charge in [-0.3, -0.25) is 0 Å². The van der Waals surface area contributed by atoms with Gasteiger partial charge in [-0.2, -0.15) is 0 Å². The molecule has 1 aromatic heterocycles. The predicted octanol–water partition coefficient (Wildman–Crippen LogP) is 5.85. The Morgan fingerprint density at radius 1 is 1.33 bits per heavy atom. The van der Waals surface area contributed by atoms with E-state index in [0.29, 0.717) is 5.04 Å². The monoisotopic (exact) mass is 368 g/mol. The second-order valence-corrected chi connectivity index (χ2v) is 11.5. The normalized spacial score (nSPS) is 14.1. The Labute approximate surface area is 137 Å². The molecule has 0 saturated carbocycles. The minimum absolute atomic E-state index is 0.0400. The average Bonchev–Trinajstić information content (AvgIpc) is 2.72. The largest absolute Gasteiger partial charge is 0.460 e. The molecular weight excluding hydrogens is 344 g/mol. The van der Waals surface area contributed by atoms with Crippen molar-refractivity contribution in [3.05, 3.63) is 34.0 Å². The van der Waals surface area contributed by atoms with Gasteiger partial charge in [-0.1, -0.05) is 39.1 Å². The number of ether oxygens (including phenoxy) is 1. The predicted molar refractivity (Wildman–Crippen MR) is 95.9 cm³/mol. The quantitative estimate of drug-likeness (QED) is 0.617. The standard InChI is InChI=1S/C17H25BrO2Si/c1-11(19-10-17(3,4)21(5)6)13-8-7-9-14-15(18)12(2)20-16(13)14/h7-9,11,21H,10H2,1-6H3. The Morgan fingerprint density at radius 2 is 2.00 bits per heavy atom. The van der Waals surface area contributed by atoms with Crippen LogP contribution in [0.2, 0.25) is 18.1 Å². The molecule has 116 valence electrons. The molecule has 0 aliphatic rings. The maximum atomic E-state index is 6.17. The third-order valence-corrected chi connectivity index (χ3v) is 8.83. The summed E-state index contributed by atoms with van der Waals surface area (Å²) < 4.78 is 13.1. The molecule has 1 aromatic carbocycles. The molecule has 0 N–H and O–H groups in total. The minimum Gasteiger partial charge on any atom is -0.460 e. The number of rotatable bonds is 5. The second kappa shape index (κ2) is 6.27. The summed E-state index contributed by atoms with van der Waals surface area (Å²) in [6.45, 7) is 14.3. The third kappa shape index (κ3) is 3.43. The molecule has 4 heteroatoms. The molecule has 2 rings (SSSR count). The third-order valence-electron chi connectivity index (χ3n) is 4.55. The van der Waals surface area contributed by atoms with E-state index in [1.54, 1.807) is 0 Å². The molecular formula is C17H25BrO2Si. The topological polar surface area (TPSA) is 22.4 Å². The van der Waals surface area contributed by atoms with Crippen LogP contribution in [0.1, 0.15) is 38.2 Å². The fourth-order valence-electron chi connectivity index (χ4n) is 2.15. The van der Waals surface area contributed by atoms with Crippen molar-refractivity contribution in [2.45, 2.75) is 51.9 Å². The lowest BCUT2D eigenvalue weighted by Gasteiger charge is -2.29. The lowest BCUT2D eigenvalue weighted by atomic mass is 10.1. The first kappa shape index (κ1) is 16.8. The van der Waals surface area contributed by atoms with Crippen LogP contribution in [0.3, 0.4) is 0 Å². The molecule has 0 aliphatic heterocycles. The van der Waals surface area contributed by atoms with Crippen LogP contribution in [0.4, 0.5) is 0 Å². The summed E-state index contributed by atoms with van der Waals surface area (Å²) in [5.41, 5.74) is 2.07. The maximum Gasteiger partial charge on any atom is 0.141 e. The summed E-state index contributed by atoms with van der Waals surface area (Å²) in [5, 5.41) is 1.43. The van der Waals surface area contributed by atoms with Crippen LogP contribution in [-0.4, -0.2) is 15.4 Å². The van der Waals surface area contributed by atoms with Crippen LogP contribution < -0.4 is 0 Å². The van der Waals surface area contributed by atoms with Crippen LogP contribution >= 0.6 is 15.9 Å². The molecule has 0 amide bonds. The van der Waals surface area contributed by atoms with Gasteiger partial charge in [0.1, 0.15) is 11.3 Å². The van der Waals surface area contributed by atoms with Gasteiger partial charge in [-0.15, -0.1) is 0 Å². The fourth-order valence-corrected chi connectivity index (χ4v) is 2.97. The molecule has 2 nitrogen and oxygen atoms in total. The molecule has 1 unspecified atom stereocenters. The van der Waals surface area contributed by atoms with Gasteiger partial charge in [0.15, 0.2) is 0 Å². The van der Waals surface area contributed by atoms with Gasteiger partial charge in [0.2, 0.25) is 0 Å². The van der Waals surface area contributed by atoms with Crippen LogP contribution in [0.15, 0.2) is 27.1 Å². The Kier molecular flexibility index (Phi) is 5.01. The summed E-state index contributed by atoms with van der Waals surface area (Å²) in [7, 11) is -0.742. The molecule has 21 heavy (non-hydrogen) atoms. The van der Waals surface area contributed by atoms with Gasteiger partial charge in [-0.05, 0) is 40.9 Å². The van der Waals surface area contributed by atoms with Crippen molar-refractivity contribution >= 4 is 35.7 Å². The highest BCUT2D eigenvalue weighted by Gasteiger charge is 2.25. The minimum atomic E-state index is -0.742. The summed E-state index contributed by atoms with van der Waals surface area (Å²) in [6, 6.07) is 6.25. The van der Waals surface area contributed by atoms with Gasteiger partial charge < -0.3 is 9.15 Å². The number of hydrogen-bond acceptors (Lipinski definition) is 2. The number of furan rings is 1. The molecule has 2 aromatic rings. The van der Waals surface area contributed by atoms with Gasteiger partial charge >= 0.3 is 0 Å². The van der Waals surface area contributed by atoms with E-state index in [1.807, 2.05) is 6.92 Å². The number of fused-ring (bicyclic) bond motifs is 1. The van der Waals surface area contributed by atoms with E-state index in [1.165, 1.54) is 0 Å². The Bertz CT molecular complexity index is 631. The van der Waals surface area contributed by atoms with Gasteiger partial charge in [0, 0.05) is 26.4 Å². The summed E-state index contributed by atoms with van der Waals surface area (Å²) in [4.78, 5) is 0. The molecule has 0 aliphatic carbocycles. The Morgan fingerprint density at radius 3 is 2.62 bits per heavy atom. The van der Waals surface area contributed by atoms with E-state index in [-0.39, 0.29) is 6.10 Å². The highest BCUT2D eigenvalue weighted by molar-refractivity contribution is 9.10. The van der Waals surface area contributed by atoms with Crippen molar-refractivity contribution in [2.24, 2.45) is 0 Å². The zero-order chi connectivity index (χ0) is 15.8. The lowest BCUT2D eigenvalue weighted by molar-refractivity contribution is 0.0503. The number of para-hydroxylation sites is 1. The molecule has 1 heterocycles. The summed E-state index contributed by atoms with van der Waals surface area (Å²) >= 11 is 3.59. The number of aryl methyl sites for hydroxylation is 1. The van der Waals surface area contributed by atoms with E-state index in [2.05, 4.69) is 68.0 Å². The van der Waals surface area contributed by atoms with E-state index in [4.69, 9.17) is 9.15 Å². The number of halogens is 1. The SMILES string of the molecule is Cc1oc2c(C(C)OCC(C)(C)[SiH](C)C)cccc2c1Br. The van der Waals surface area contributed by atoms with E-state index >= 15 is 0 Å². The number of hydrogen-bond donors (Lipinski definition) is 0. The van der Waals surface area contributed by atoms with Gasteiger partial charge in [0.05, 0.1) is 10.6 Å². The highest BCUT2D eigenvalue weighted by atomic mass is 79.9. The van der Waals surface area contributed by atoms with Crippen LogP contribution in [0, 0.1) is 6.92 Å². The van der Waals surface area contributed by atoms with Gasteiger partial charge in [-0.25, -0.2) is 0 Å². The first-order valence-corrected chi connectivity index (χ1v) is 11.2. The van der Waals surface area contributed by atoms with Crippen LogP contribution in [0.25, 0.3) is 11.0 Å². The zero-order valence-electron chi connectivity index (χ0n) is 13.8. The first-order chi connectivity index (χ1) is 9.74. The molecule has 0 fully saturated rings. The first-order valence-electron chi connectivity index (χ1n) is 7.53. The molecule has 0 spiro atoms. The molecule has 0 radical (unpaired) electrons. The van der Waals surface area contributed by atoms with Crippen molar-refractivity contribution < 1.29 is 9.15 Å². The number of benzene rings is 1. The summed E-state index contributed by atoms with van der Waals surface area (Å²) in [5.74, 6) is 0.916. The fraction of sp³-hybridized carbons (Fsp3) is 0.529. The highest BCUT2D eigenvalue weighted by Crippen LogP contribution is 2.37. The Hall–Kier alpha value is -0.583.